The van der Waals surface area contributed by atoms with Gasteiger partial charge in [0.1, 0.15) is 4.21 Å². The van der Waals surface area contributed by atoms with Crippen LogP contribution in [-0.4, -0.2) is 51.0 Å². The molecule has 1 aromatic carbocycles. The van der Waals surface area contributed by atoms with Crippen LogP contribution in [-0.2, 0) is 31.2 Å². The van der Waals surface area contributed by atoms with Crippen molar-refractivity contribution in [3.63, 3.8) is 0 Å². The Kier molecular flexibility index (Phi) is 7.06. The second-order valence-corrected chi connectivity index (χ2v) is 14.7. The number of terminal acetylenes is 1. The van der Waals surface area contributed by atoms with Gasteiger partial charge < -0.3 is 4.57 Å². The Labute approximate surface area is 210 Å². The van der Waals surface area contributed by atoms with E-state index in [4.69, 9.17) is 18.0 Å². The van der Waals surface area contributed by atoms with Crippen LogP contribution in [0.25, 0.3) is 10.2 Å². The molecular formula is C21H20ClN3O5S4. The minimum absolute atomic E-state index is 0.171. The fourth-order valence-electron chi connectivity index (χ4n) is 3.71. The standard InChI is InChI=1S/C21H20ClN3O5S4/c1-3-10-25-16-5-4-15(33(2,27)28)13-17(16)31-21(25)23-20(26)14-8-11-24(12-9-14)34(29,30)19-7-6-18(22)32-19/h1,4-7,13-14H,8-12H2,2H3. The predicted molar refractivity (Wildman–Crippen MR) is 133 cm³/mol. The largest absolute Gasteiger partial charge is 0.305 e. The van der Waals surface area contributed by atoms with Crippen molar-refractivity contribution in [3.05, 3.63) is 39.5 Å². The molecule has 1 aliphatic rings. The number of carbonyl (C=O) groups excluding carboxylic acids is 1. The average molecular weight is 558 g/mol. The maximum atomic E-state index is 13.0. The number of aromatic nitrogens is 1. The van der Waals surface area contributed by atoms with Gasteiger partial charge in [0.05, 0.1) is 26.0 Å². The summed E-state index contributed by atoms with van der Waals surface area (Å²) in [5, 5.41) is 0. The van der Waals surface area contributed by atoms with Gasteiger partial charge in [0.25, 0.3) is 15.9 Å². The highest BCUT2D eigenvalue weighted by Gasteiger charge is 2.33. The molecule has 0 bridgehead atoms. The first-order valence-electron chi connectivity index (χ1n) is 10.1. The Morgan fingerprint density at radius 1 is 1.18 bits per heavy atom. The first-order valence-corrected chi connectivity index (χ1v) is 15.5. The van der Waals surface area contributed by atoms with Gasteiger partial charge in [-0.1, -0.05) is 28.9 Å². The van der Waals surface area contributed by atoms with Gasteiger partial charge in [-0.05, 0) is 43.2 Å². The molecule has 0 N–H and O–H groups in total. The van der Waals surface area contributed by atoms with Crippen LogP contribution in [0.1, 0.15) is 12.8 Å². The van der Waals surface area contributed by atoms with Crippen molar-refractivity contribution < 1.29 is 21.6 Å². The number of amides is 1. The number of piperidine rings is 1. The van der Waals surface area contributed by atoms with E-state index in [1.54, 1.807) is 22.8 Å². The minimum atomic E-state index is -3.64. The molecule has 8 nitrogen and oxygen atoms in total. The van der Waals surface area contributed by atoms with Crippen molar-refractivity contribution in [1.82, 2.24) is 8.87 Å². The summed E-state index contributed by atoms with van der Waals surface area (Å²) in [5.41, 5.74) is 0.692. The molecule has 0 unspecified atom stereocenters. The lowest BCUT2D eigenvalue weighted by molar-refractivity contribution is -0.122. The minimum Gasteiger partial charge on any atom is -0.305 e. The zero-order chi connectivity index (χ0) is 24.7. The molecule has 1 aliphatic heterocycles. The maximum Gasteiger partial charge on any atom is 0.252 e. The first kappa shape index (κ1) is 25.1. The molecule has 13 heteroatoms. The van der Waals surface area contributed by atoms with Crippen LogP contribution in [0.15, 0.2) is 44.4 Å². The molecule has 2 aromatic heterocycles. The average Bonchev–Trinajstić information content (AvgIpc) is 3.37. The van der Waals surface area contributed by atoms with Crippen LogP contribution in [0.4, 0.5) is 0 Å². The van der Waals surface area contributed by atoms with Crippen LogP contribution in [0, 0.1) is 18.3 Å². The second-order valence-electron chi connectivity index (χ2n) is 7.76. The first-order chi connectivity index (χ1) is 16.0. The van der Waals surface area contributed by atoms with Crippen molar-refractivity contribution in [3.8, 4) is 12.3 Å². The number of hydrogen-bond donors (Lipinski definition) is 0. The predicted octanol–water partition coefficient (Wildman–Crippen LogP) is 2.98. The topological polar surface area (TPSA) is 106 Å². The highest BCUT2D eigenvalue weighted by molar-refractivity contribution is 7.91. The molecule has 0 spiro atoms. The van der Waals surface area contributed by atoms with Gasteiger partial charge in [-0.3, -0.25) is 4.79 Å². The summed E-state index contributed by atoms with van der Waals surface area (Å²) >= 11 is 8.07. The number of hydrogen-bond acceptors (Lipinski definition) is 7. The zero-order valence-corrected chi connectivity index (χ0v) is 22.0. The Morgan fingerprint density at radius 2 is 1.88 bits per heavy atom. The van der Waals surface area contributed by atoms with Crippen molar-refractivity contribution in [2.24, 2.45) is 10.9 Å². The molecule has 4 rings (SSSR count). The SMILES string of the molecule is C#CCn1c(=NC(=O)C2CCN(S(=O)(=O)c3ccc(Cl)s3)CC2)sc2cc(S(C)(=O)=O)ccc21. The second kappa shape index (κ2) is 9.56. The molecule has 0 aliphatic carbocycles. The van der Waals surface area contributed by atoms with Crippen molar-refractivity contribution in [2.75, 3.05) is 19.3 Å². The van der Waals surface area contributed by atoms with Crippen molar-refractivity contribution in [2.45, 2.75) is 28.5 Å². The van der Waals surface area contributed by atoms with Gasteiger partial charge in [-0.25, -0.2) is 16.8 Å². The van der Waals surface area contributed by atoms with Crippen LogP contribution in [0.2, 0.25) is 4.34 Å². The van der Waals surface area contributed by atoms with Gasteiger partial charge in [0.15, 0.2) is 14.6 Å². The van der Waals surface area contributed by atoms with E-state index in [1.807, 2.05) is 0 Å². The van der Waals surface area contributed by atoms with Crippen LogP contribution >= 0.6 is 34.3 Å². The molecule has 1 amide bonds. The van der Waals surface area contributed by atoms with Gasteiger partial charge in [-0.2, -0.15) is 9.30 Å². The third-order valence-electron chi connectivity index (χ3n) is 5.48. The number of carbonyl (C=O) groups is 1. The summed E-state index contributed by atoms with van der Waals surface area (Å²) < 4.78 is 53.7. The normalized spacial score (nSPS) is 16.7. The zero-order valence-electron chi connectivity index (χ0n) is 18.0. The summed E-state index contributed by atoms with van der Waals surface area (Å²) in [5.74, 6) is 1.77. The lowest BCUT2D eigenvalue weighted by Gasteiger charge is -2.29. The quantitative estimate of drug-likeness (QED) is 0.448. The van der Waals surface area contributed by atoms with Gasteiger partial charge in [0.2, 0.25) is 0 Å². The molecule has 1 fully saturated rings. The van der Waals surface area contributed by atoms with Gasteiger partial charge in [0, 0.05) is 25.3 Å². The lowest BCUT2D eigenvalue weighted by Crippen LogP contribution is -2.40. The van der Waals surface area contributed by atoms with E-state index in [2.05, 4.69) is 10.9 Å². The fraction of sp³-hybridized carbons (Fsp3) is 0.333. The number of halogens is 1. The number of sulfone groups is 1. The molecule has 34 heavy (non-hydrogen) atoms. The van der Waals surface area contributed by atoms with Crippen LogP contribution < -0.4 is 4.80 Å². The van der Waals surface area contributed by atoms with Gasteiger partial charge in [-0.15, -0.1) is 17.8 Å². The number of nitrogens with zero attached hydrogens (tertiary/aromatic N) is 3. The van der Waals surface area contributed by atoms with Crippen LogP contribution in [0.5, 0.6) is 0 Å². The van der Waals surface area contributed by atoms with E-state index in [-0.39, 0.29) is 34.6 Å². The van der Waals surface area contributed by atoms with Crippen LogP contribution in [0.3, 0.4) is 0 Å². The summed E-state index contributed by atoms with van der Waals surface area (Å²) in [6, 6.07) is 7.73. The summed E-state index contributed by atoms with van der Waals surface area (Å²) in [7, 11) is -7.03. The third-order valence-corrected chi connectivity index (χ3v) is 11.2. The monoisotopic (exact) mass is 557 g/mol. The van der Waals surface area contributed by atoms with Crippen molar-refractivity contribution >= 4 is 70.3 Å². The van der Waals surface area contributed by atoms with E-state index in [0.717, 1.165) is 17.6 Å². The molecule has 180 valence electrons. The molecule has 3 heterocycles. The number of benzene rings is 1. The van der Waals surface area contributed by atoms with E-state index < -0.39 is 25.8 Å². The molecule has 0 radical (unpaired) electrons. The van der Waals surface area contributed by atoms with E-state index in [1.165, 1.54) is 27.8 Å². The third kappa shape index (κ3) is 5.00. The highest BCUT2D eigenvalue weighted by atomic mass is 35.5. The molecular weight excluding hydrogens is 538 g/mol. The summed E-state index contributed by atoms with van der Waals surface area (Å²) in [6.45, 7) is 0.584. The number of rotatable bonds is 5. The smallest absolute Gasteiger partial charge is 0.252 e. The van der Waals surface area contributed by atoms with Gasteiger partial charge >= 0.3 is 0 Å². The van der Waals surface area contributed by atoms with E-state index in [9.17, 15) is 21.6 Å². The number of thiazole rings is 1. The number of thiophene rings is 1. The lowest BCUT2D eigenvalue weighted by atomic mass is 9.98. The van der Waals surface area contributed by atoms with E-state index in [0.29, 0.717) is 32.2 Å². The Balaban J connectivity index is 1.58. The summed E-state index contributed by atoms with van der Waals surface area (Å²) in [4.78, 5) is 17.8. The highest BCUT2D eigenvalue weighted by Crippen LogP contribution is 2.31. The fourth-order valence-corrected chi connectivity index (χ4v) is 8.61. The molecule has 0 saturated carbocycles. The number of sulfonamides is 1. The van der Waals surface area contributed by atoms with Crippen molar-refractivity contribution in [1.29, 1.82) is 0 Å². The van der Waals surface area contributed by atoms with E-state index >= 15 is 0 Å². The molecule has 1 saturated heterocycles. The Bertz CT molecular complexity index is 1580. The Morgan fingerprint density at radius 3 is 2.47 bits per heavy atom. The maximum absolute atomic E-state index is 13.0. The Hall–Kier alpha value is -2.01. The molecule has 0 atom stereocenters. The summed E-state index contributed by atoms with van der Waals surface area (Å²) in [6.07, 6.45) is 7.32. The number of fused-ring (bicyclic) bond motifs is 1. The molecule has 3 aromatic rings.